The summed E-state index contributed by atoms with van der Waals surface area (Å²) in [6.45, 7) is 4.71. The molecule has 0 amide bonds. The van der Waals surface area contributed by atoms with Crippen LogP contribution in [0.2, 0.25) is 0 Å². The molecule has 1 atom stereocenters. The van der Waals surface area contributed by atoms with Gasteiger partial charge in [0.25, 0.3) is 0 Å². The molecule has 0 heterocycles. The molecule has 0 bridgehead atoms. The fraction of sp³-hybridized carbons (Fsp3) is 0.667. The van der Waals surface area contributed by atoms with E-state index >= 15 is 0 Å². The van der Waals surface area contributed by atoms with Crippen molar-refractivity contribution in [3.63, 3.8) is 0 Å². The van der Waals surface area contributed by atoms with E-state index < -0.39 is 0 Å². The lowest BCUT2D eigenvalue weighted by Crippen LogP contribution is -2.38. The van der Waals surface area contributed by atoms with Crippen molar-refractivity contribution >= 4 is 0 Å². The Balaban J connectivity index is 1.87. The van der Waals surface area contributed by atoms with Gasteiger partial charge in [0, 0.05) is 18.6 Å². The van der Waals surface area contributed by atoms with Gasteiger partial charge < -0.3 is 10.2 Å². The molecule has 0 radical (unpaired) electrons. The molecule has 2 rings (SSSR count). The predicted molar refractivity (Wildman–Crippen MR) is 87.0 cm³/mol. The van der Waals surface area contributed by atoms with Gasteiger partial charge in [0.05, 0.1) is 0 Å². The molecular formula is C18H30N2. The Bertz CT molecular complexity index is 357. The van der Waals surface area contributed by atoms with Crippen LogP contribution < -0.4 is 5.32 Å². The number of nitrogens with zero attached hydrogens (tertiary/aromatic N) is 1. The van der Waals surface area contributed by atoms with Crippen LogP contribution in [0.1, 0.15) is 57.1 Å². The van der Waals surface area contributed by atoms with Crippen molar-refractivity contribution in [2.45, 2.75) is 57.5 Å². The molecule has 1 N–H and O–H groups in total. The summed E-state index contributed by atoms with van der Waals surface area (Å²) in [6, 6.07) is 12.2. The summed E-state index contributed by atoms with van der Waals surface area (Å²) in [7, 11) is 2.08. The van der Waals surface area contributed by atoms with Crippen molar-refractivity contribution in [2.24, 2.45) is 0 Å². The lowest BCUT2D eigenvalue weighted by Gasteiger charge is -2.34. The summed E-state index contributed by atoms with van der Waals surface area (Å²) in [5.74, 6) is 0. The van der Waals surface area contributed by atoms with Gasteiger partial charge in [-0.3, -0.25) is 0 Å². The number of benzene rings is 1. The Hall–Kier alpha value is -0.860. The zero-order valence-corrected chi connectivity index (χ0v) is 13.1. The van der Waals surface area contributed by atoms with E-state index in [1.54, 1.807) is 0 Å². The van der Waals surface area contributed by atoms with Crippen LogP contribution in [0.5, 0.6) is 0 Å². The molecule has 20 heavy (non-hydrogen) atoms. The normalized spacial score (nSPS) is 18.4. The van der Waals surface area contributed by atoms with Gasteiger partial charge in [0.2, 0.25) is 0 Å². The van der Waals surface area contributed by atoms with Crippen molar-refractivity contribution in [3.8, 4) is 0 Å². The van der Waals surface area contributed by atoms with E-state index in [0.29, 0.717) is 6.04 Å². The Kier molecular flexibility index (Phi) is 6.55. The third-order valence-electron chi connectivity index (χ3n) is 4.75. The van der Waals surface area contributed by atoms with Crippen LogP contribution in [0, 0.1) is 0 Å². The maximum absolute atomic E-state index is 3.47. The predicted octanol–water partition coefficient (Wildman–Crippen LogP) is 3.99. The summed E-state index contributed by atoms with van der Waals surface area (Å²) in [5, 5.41) is 3.47. The lowest BCUT2D eigenvalue weighted by molar-refractivity contribution is 0.157. The van der Waals surface area contributed by atoms with Crippen LogP contribution in [0.15, 0.2) is 30.3 Å². The van der Waals surface area contributed by atoms with Gasteiger partial charge in [0.1, 0.15) is 0 Å². The minimum absolute atomic E-state index is 0.480. The molecule has 1 aliphatic rings. The van der Waals surface area contributed by atoms with Crippen molar-refractivity contribution < 1.29 is 0 Å². The molecular weight excluding hydrogens is 244 g/mol. The molecule has 1 aromatic carbocycles. The first-order valence-corrected chi connectivity index (χ1v) is 8.31. The van der Waals surface area contributed by atoms with Crippen LogP contribution in [0.25, 0.3) is 0 Å². The summed E-state index contributed by atoms with van der Waals surface area (Å²) in [4.78, 5) is 2.70. The van der Waals surface area contributed by atoms with Gasteiger partial charge in [-0.25, -0.2) is 0 Å². The van der Waals surface area contributed by atoms with Gasteiger partial charge in [-0.05, 0) is 38.4 Å². The minimum Gasteiger partial charge on any atom is -0.313 e. The number of nitrogens with one attached hydrogen (secondary N) is 1. The second kappa shape index (κ2) is 8.43. The number of hydrogen-bond donors (Lipinski definition) is 1. The SMILES string of the molecule is CCN(CCC(NC)c1ccccc1)C1CCCCC1. The Morgan fingerprint density at radius 1 is 1.15 bits per heavy atom. The van der Waals surface area contributed by atoms with E-state index in [0.717, 1.165) is 6.04 Å². The standard InChI is InChI=1S/C18H30N2/c1-3-20(17-12-8-5-9-13-17)15-14-18(19-2)16-10-6-4-7-11-16/h4,6-7,10-11,17-19H,3,5,8-9,12-15H2,1-2H3. The molecule has 1 aromatic rings. The molecule has 2 nitrogen and oxygen atoms in total. The van der Waals surface area contributed by atoms with Gasteiger partial charge in [-0.2, -0.15) is 0 Å². The van der Waals surface area contributed by atoms with E-state index in [4.69, 9.17) is 0 Å². The van der Waals surface area contributed by atoms with Crippen LogP contribution >= 0.6 is 0 Å². The highest BCUT2D eigenvalue weighted by Crippen LogP contribution is 2.24. The maximum atomic E-state index is 3.47. The minimum atomic E-state index is 0.480. The average molecular weight is 274 g/mol. The van der Waals surface area contributed by atoms with Crippen molar-refractivity contribution in [2.75, 3.05) is 20.1 Å². The summed E-state index contributed by atoms with van der Waals surface area (Å²) in [5.41, 5.74) is 1.41. The van der Waals surface area contributed by atoms with Crippen molar-refractivity contribution in [3.05, 3.63) is 35.9 Å². The van der Waals surface area contributed by atoms with Crippen LogP contribution in [-0.4, -0.2) is 31.1 Å². The maximum Gasteiger partial charge on any atom is 0.0329 e. The Morgan fingerprint density at radius 2 is 1.85 bits per heavy atom. The first-order chi connectivity index (χ1) is 9.85. The Morgan fingerprint density at radius 3 is 2.45 bits per heavy atom. The molecule has 0 spiro atoms. The molecule has 2 heteroatoms. The topological polar surface area (TPSA) is 15.3 Å². The highest BCUT2D eigenvalue weighted by Gasteiger charge is 2.20. The summed E-state index contributed by atoms with van der Waals surface area (Å²) < 4.78 is 0. The molecule has 112 valence electrons. The zero-order valence-electron chi connectivity index (χ0n) is 13.1. The molecule has 1 aliphatic carbocycles. The third-order valence-corrected chi connectivity index (χ3v) is 4.75. The highest BCUT2D eigenvalue weighted by atomic mass is 15.1. The van der Waals surface area contributed by atoms with Gasteiger partial charge in [-0.1, -0.05) is 56.5 Å². The molecule has 1 fully saturated rings. The monoisotopic (exact) mass is 274 g/mol. The van der Waals surface area contributed by atoms with E-state index in [1.165, 1.54) is 57.2 Å². The van der Waals surface area contributed by atoms with Gasteiger partial charge in [-0.15, -0.1) is 0 Å². The second-order valence-electron chi connectivity index (χ2n) is 5.96. The molecule has 0 saturated heterocycles. The summed E-state index contributed by atoms with van der Waals surface area (Å²) >= 11 is 0. The van der Waals surface area contributed by atoms with Gasteiger partial charge >= 0.3 is 0 Å². The first kappa shape index (κ1) is 15.5. The van der Waals surface area contributed by atoms with E-state index in [2.05, 4.69) is 54.5 Å². The van der Waals surface area contributed by atoms with Crippen LogP contribution in [0.4, 0.5) is 0 Å². The van der Waals surface area contributed by atoms with Crippen molar-refractivity contribution in [1.82, 2.24) is 10.2 Å². The largest absolute Gasteiger partial charge is 0.313 e. The van der Waals surface area contributed by atoms with Gasteiger partial charge in [0.15, 0.2) is 0 Å². The van der Waals surface area contributed by atoms with Crippen LogP contribution in [0.3, 0.4) is 0 Å². The van der Waals surface area contributed by atoms with E-state index in [-0.39, 0.29) is 0 Å². The average Bonchev–Trinajstić information content (AvgIpc) is 2.53. The quantitative estimate of drug-likeness (QED) is 0.808. The zero-order chi connectivity index (χ0) is 14.2. The van der Waals surface area contributed by atoms with E-state index in [9.17, 15) is 0 Å². The van der Waals surface area contributed by atoms with Crippen LogP contribution in [-0.2, 0) is 0 Å². The first-order valence-electron chi connectivity index (χ1n) is 8.31. The van der Waals surface area contributed by atoms with E-state index in [1.807, 2.05) is 0 Å². The second-order valence-corrected chi connectivity index (χ2v) is 5.96. The fourth-order valence-corrected chi connectivity index (χ4v) is 3.50. The Labute approximate surface area is 124 Å². The highest BCUT2D eigenvalue weighted by molar-refractivity contribution is 5.18. The molecule has 0 aliphatic heterocycles. The summed E-state index contributed by atoms with van der Waals surface area (Å²) in [6.07, 6.45) is 8.31. The molecule has 0 aromatic heterocycles. The lowest BCUT2D eigenvalue weighted by atomic mass is 9.93. The number of rotatable bonds is 7. The third kappa shape index (κ3) is 4.32. The fourth-order valence-electron chi connectivity index (χ4n) is 3.50. The smallest absolute Gasteiger partial charge is 0.0329 e. The molecule has 1 unspecified atom stereocenters. The molecule has 1 saturated carbocycles. The number of hydrogen-bond acceptors (Lipinski definition) is 2. The van der Waals surface area contributed by atoms with Crippen molar-refractivity contribution in [1.29, 1.82) is 0 Å².